The highest BCUT2D eigenvalue weighted by Crippen LogP contribution is 2.43. The molecule has 1 saturated carbocycles. The third-order valence-electron chi connectivity index (χ3n) is 6.27. The number of hydrogen-bond donors (Lipinski definition) is 2. The minimum Gasteiger partial charge on any atom is -0.489 e. The number of pyridine rings is 2. The summed E-state index contributed by atoms with van der Waals surface area (Å²) < 4.78 is 6.27. The molecular weight excluding hydrogens is 386 g/mol. The van der Waals surface area contributed by atoms with Crippen LogP contribution in [0.3, 0.4) is 0 Å². The van der Waals surface area contributed by atoms with E-state index in [1.54, 1.807) is 12.3 Å². The Bertz CT molecular complexity index is 1040. The smallest absolute Gasteiger partial charge is 0.255 e. The van der Waals surface area contributed by atoms with Gasteiger partial charge in [0.1, 0.15) is 5.75 Å². The zero-order chi connectivity index (χ0) is 20.4. The first kappa shape index (κ1) is 19.9. The van der Waals surface area contributed by atoms with E-state index in [2.05, 4.69) is 23.0 Å². The molecule has 29 heavy (non-hydrogen) atoms. The molecule has 1 aliphatic carbocycles. The van der Waals surface area contributed by atoms with Crippen LogP contribution in [-0.4, -0.2) is 22.1 Å². The Labute approximate surface area is 175 Å². The molecule has 5 nitrogen and oxygen atoms in total. The van der Waals surface area contributed by atoms with Gasteiger partial charge in [0, 0.05) is 34.9 Å². The predicted molar refractivity (Wildman–Crippen MR) is 117 cm³/mol. The molecule has 1 atom stereocenters. The lowest BCUT2D eigenvalue weighted by molar-refractivity contribution is 0.102. The Balaban J connectivity index is 1.54. The first-order valence-electron chi connectivity index (χ1n) is 10.2. The Morgan fingerprint density at radius 3 is 2.79 bits per heavy atom. The average Bonchev–Trinajstić information content (AvgIpc) is 2.76. The molecule has 2 aromatic heterocycles. The first-order valence-corrected chi connectivity index (χ1v) is 10.6. The zero-order valence-corrected chi connectivity index (χ0v) is 17.3. The minimum atomic E-state index is -0.151. The van der Waals surface area contributed by atoms with Gasteiger partial charge < -0.3 is 15.5 Å². The van der Waals surface area contributed by atoms with Gasteiger partial charge in [-0.25, -0.2) is 0 Å². The summed E-state index contributed by atoms with van der Waals surface area (Å²) in [7, 11) is 0. The van der Waals surface area contributed by atoms with Crippen LogP contribution in [-0.2, 0) is 5.41 Å². The zero-order valence-electron chi connectivity index (χ0n) is 16.5. The number of nitrogens with zero attached hydrogens (tertiary/aromatic N) is 1. The van der Waals surface area contributed by atoms with Crippen LogP contribution in [0.4, 0.5) is 0 Å². The number of nitrogens with two attached hydrogens (primary N) is 1. The molecule has 0 bridgehead atoms. The van der Waals surface area contributed by atoms with E-state index in [9.17, 15) is 4.79 Å². The van der Waals surface area contributed by atoms with Crippen molar-refractivity contribution in [3.8, 4) is 5.75 Å². The maximum atomic E-state index is 12.0. The second kappa shape index (κ2) is 8.17. The summed E-state index contributed by atoms with van der Waals surface area (Å²) in [6.07, 6.45) is 8.07. The van der Waals surface area contributed by atoms with E-state index in [1.807, 2.05) is 30.5 Å². The summed E-state index contributed by atoms with van der Waals surface area (Å²) >= 11 is 6.41. The molecule has 1 aromatic carbocycles. The third kappa shape index (κ3) is 3.77. The number of aromatic amines is 1. The molecule has 0 saturated heterocycles. The fourth-order valence-corrected chi connectivity index (χ4v) is 4.76. The van der Waals surface area contributed by atoms with Gasteiger partial charge in [-0.2, -0.15) is 0 Å². The SMILES string of the molecule is CCC(N)[C@]1(c2ccccn2)CC[C@H](Oc2cc3cc[nH]c(=O)c3cc2Cl)CC1. The van der Waals surface area contributed by atoms with Crippen molar-refractivity contribution in [3.63, 3.8) is 0 Å². The van der Waals surface area contributed by atoms with Crippen LogP contribution >= 0.6 is 11.6 Å². The Morgan fingerprint density at radius 2 is 2.10 bits per heavy atom. The number of hydrogen-bond acceptors (Lipinski definition) is 4. The summed E-state index contributed by atoms with van der Waals surface area (Å²) in [5, 5.41) is 1.84. The lowest BCUT2D eigenvalue weighted by atomic mass is 9.65. The highest BCUT2D eigenvalue weighted by molar-refractivity contribution is 6.32. The summed E-state index contributed by atoms with van der Waals surface area (Å²) in [5.41, 5.74) is 7.39. The van der Waals surface area contributed by atoms with E-state index < -0.39 is 0 Å². The van der Waals surface area contributed by atoms with Gasteiger partial charge in [-0.15, -0.1) is 0 Å². The molecule has 0 radical (unpaired) electrons. The van der Waals surface area contributed by atoms with E-state index >= 15 is 0 Å². The molecule has 1 fully saturated rings. The summed E-state index contributed by atoms with van der Waals surface area (Å²) in [5.74, 6) is 0.625. The highest BCUT2D eigenvalue weighted by atomic mass is 35.5. The second-order valence-electron chi connectivity index (χ2n) is 7.88. The monoisotopic (exact) mass is 411 g/mol. The van der Waals surface area contributed by atoms with Crippen molar-refractivity contribution in [1.29, 1.82) is 0 Å². The maximum absolute atomic E-state index is 12.0. The van der Waals surface area contributed by atoms with Crippen molar-refractivity contribution in [2.75, 3.05) is 0 Å². The molecule has 0 spiro atoms. The molecule has 6 heteroatoms. The number of ether oxygens (including phenoxy) is 1. The fraction of sp³-hybridized carbons (Fsp3) is 0.391. The summed E-state index contributed by atoms with van der Waals surface area (Å²) in [6, 6.07) is 11.5. The van der Waals surface area contributed by atoms with E-state index in [4.69, 9.17) is 22.1 Å². The third-order valence-corrected chi connectivity index (χ3v) is 6.56. The fourth-order valence-electron chi connectivity index (χ4n) is 4.55. The van der Waals surface area contributed by atoms with Gasteiger partial charge in [0.25, 0.3) is 5.56 Å². The number of fused-ring (bicyclic) bond motifs is 1. The number of H-pyrrole nitrogens is 1. The molecule has 4 rings (SSSR count). The predicted octanol–water partition coefficient (Wildman–Crippen LogP) is 4.57. The molecule has 1 aliphatic rings. The van der Waals surface area contributed by atoms with Gasteiger partial charge >= 0.3 is 0 Å². The van der Waals surface area contributed by atoms with Crippen LogP contribution in [0.25, 0.3) is 10.8 Å². The van der Waals surface area contributed by atoms with Crippen LogP contribution < -0.4 is 16.0 Å². The lowest BCUT2D eigenvalue weighted by Gasteiger charge is -2.43. The Kier molecular flexibility index (Phi) is 5.61. The molecule has 3 aromatic rings. The molecule has 2 heterocycles. The molecular formula is C23H26ClN3O2. The number of aromatic nitrogens is 2. The van der Waals surface area contributed by atoms with E-state index in [0.717, 1.165) is 43.2 Å². The second-order valence-corrected chi connectivity index (χ2v) is 8.29. The molecule has 1 unspecified atom stereocenters. The van der Waals surface area contributed by atoms with E-state index in [1.165, 1.54) is 0 Å². The van der Waals surface area contributed by atoms with Crippen molar-refractivity contribution in [3.05, 3.63) is 69.9 Å². The number of nitrogens with one attached hydrogen (secondary N) is 1. The number of benzene rings is 1. The van der Waals surface area contributed by atoms with Gasteiger partial charge in [-0.3, -0.25) is 9.78 Å². The Hall–Kier alpha value is -2.37. The topological polar surface area (TPSA) is 81.0 Å². The number of rotatable bonds is 5. The largest absolute Gasteiger partial charge is 0.489 e. The molecule has 3 N–H and O–H groups in total. The van der Waals surface area contributed by atoms with Crippen LogP contribution in [0.2, 0.25) is 5.02 Å². The normalized spacial score (nSPS) is 23.1. The van der Waals surface area contributed by atoms with Crippen molar-refractivity contribution < 1.29 is 4.74 Å². The van der Waals surface area contributed by atoms with Gasteiger partial charge in [0.05, 0.1) is 11.1 Å². The minimum absolute atomic E-state index is 0.0628. The van der Waals surface area contributed by atoms with Gasteiger partial charge in [-0.1, -0.05) is 24.6 Å². The molecule has 0 amide bonds. The Morgan fingerprint density at radius 1 is 1.31 bits per heavy atom. The van der Waals surface area contributed by atoms with Crippen LogP contribution in [0, 0.1) is 0 Å². The quantitative estimate of drug-likeness (QED) is 0.644. The van der Waals surface area contributed by atoms with Gasteiger partial charge in [-0.05, 0) is 67.8 Å². The standard InChI is InChI=1S/C23H26ClN3O2/c1-2-20(25)23(21-5-3-4-11-26-21)9-6-16(7-10-23)29-19-13-15-8-12-27-22(28)17(15)14-18(19)24/h3-5,8,11-14,16,20H,2,6-7,9-10,25H2,1H3,(H,27,28)/t16-,20?,23-. The highest BCUT2D eigenvalue weighted by Gasteiger charge is 2.42. The first-order chi connectivity index (χ1) is 14.0. The van der Waals surface area contributed by atoms with Gasteiger partial charge in [0.15, 0.2) is 0 Å². The lowest BCUT2D eigenvalue weighted by Crippen LogP contribution is -2.49. The average molecular weight is 412 g/mol. The molecule has 0 aliphatic heterocycles. The number of halogens is 1. The van der Waals surface area contributed by atoms with Crippen LogP contribution in [0.15, 0.2) is 53.6 Å². The van der Waals surface area contributed by atoms with Gasteiger partial charge in [0.2, 0.25) is 0 Å². The summed E-state index contributed by atoms with van der Waals surface area (Å²) in [6.45, 7) is 2.13. The van der Waals surface area contributed by atoms with Crippen LogP contribution in [0.5, 0.6) is 5.75 Å². The van der Waals surface area contributed by atoms with Crippen molar-refractivity contribution in [1.82, 2.24) is 9.97 Å². The van der Waals surface area contributed by atoms with Crippen molar-refractivity contribution >= 4 is 22.4 Å². The van der Waals surface area contributed by atoms with Crippen molar-refractivity contribution in [2.24, 2.45) is 5.73 Å². The molecule has 152 valence electrons. The van der Waals surface area contributed by atoms with Crippen molar-refractivity contribution in [2.45, 2.75) is 56.6 Å². The van der Waals surface area contributed by atoms with E-state index in [-0.39, 0.29) is 23.1 Å². The summed E-state index contributed by atoms with van der Waals surface area (Å²) in [4.78, 5) is 19.3. The maximum Gasteiger partial charge on any atom is 0.255 e. The van der Waals surface area contributed by atoms with Crippen LogP contribution in [0.1, 0.15) is 44.7 Å². The van der Waals surface area contributed by atoms with E-state index in [0.29, 0.717) is 16.2 Å².